The minimum atomic E-state index is -0.862. The zero-order valence-corrected chi connectivity index (χ0v) is 19.7. The largest absolute Gasteiger partial charge is 0.481 e. The lowest BCUT2D eigenvalue weighted by Crippen LogP contribution is -2.51. The van der Waals surface area contributed by atoms with Crippen molar-refractivity contribution in [3.05, 3.63) is 47.1 Å². The molecule has 35 heavy (non-hydrogen) atoms. The molecule has 0 unspecified atom stereocenters. The first-order chi connectivity index (χ1) is 16.9. The van der Waals surface area contributed by atoms with Gasteiger partial charge in [-0.2, -0.15) is 0 Å². The average Bonchev–Trinajstić information content (AvgIpc) is 3.46. The minimum absolute atomic E-state index is 0.0291. The number of aromatic nitrogens is 4. The van der Waals surface area contributed by atoms with E-state index in [4.69, 9.17) is 0 Å². The van der Waals surface area contributed by atoms with Crippen molar-refractivity contribution in [3.63, 3.8) is 0 Å². The number of halogens is 2. The molecule has 3 fully saturated rings. The van der Waals surface area contributed by atoms with Crippen LogP contribution in [0.15, 0.2) is 29.9 Å². The summed E-state index contributed by atoms with van der Waals surface area (Å²) >= 11 is 1.37. The number of pyridine rings is 1. The zero-order valence-electron chi connectivity index (χ0n) is 18.9. The van der Waals surface area contributed by atoms with Crippen molar-refractivity contribution in [2.24, 2.45) is 17.8 Å². The highest BCUT2D eigenvalue weighted by Gasteiger charge is 2.47. The second kappa shape index (κ2) is 8.37. The molecule has 3 N–H and O–H groups in total. The van der Waals surface area contributed by atoms with Crippen molar-refractivity contribution in [2.75, 3.05) is 5.32 Å². The Morgan fingerprint density at radius 3 is 2.66 bits per heavy atom. The third-order valence-corrected chi connectivity index (χ3v) is 8.42. The van der Waals surface area contributed by atoms with Crippen molar-refractivity contribution in [1.82, 2.24) is 19.9 Å². The molecule has 3 aliphatic carbocycles. The topological polar surface area (TPSA) is 104 Å². The number of aryl methyl sites for hydroxylation is 1. The van der Waals surface area contributed by atoms with Crippen LogP contribution in [0.2, 0.25) is 0 Å². The van der Waals surface area contributed by atoms with Gasteiger partial charge in [-0.05, 0) is 67.5 Å². The van der Waals surface area contributed by atoms with Gasteiger partial charge in [-0.25, -0.2) is 23.7 Å². The summed E-state index contributed by atoms with van der Waals surface area (Å²) in [4.78, 5) is 28.9. The van der Waals surface area contributed by atoms with Crippen molar-refractivity contribution < 1.29 is 18.7 Å². The molecule has 7 rings (SSSR count). The normalized spacial score (nSPS) is 23.6. The van der Waals surface area contributed by atoms with Crippen molar-refractivity contribution >= 4 is 34.2 Å². The molecule has 0 amide bonds. The molecule has 4 aromatic rings. The van der Waals surface area contributed by atoms with Crippen LogP contribution in [0.4, 0.5) is 14.6 Å². The molecule has 7 nitrogen and oxygen atoms in total. The molecule has 180 valence electrons. The van der Waals surface area contributed by atoms with Gasteiger partial charge in [0.25, 0.3) is 0 Å². The number of nitrogens with one attached hydrogen (secondary N) is 2. The van der Waals surface area contributed by atoms with Crippen LogP contribution in [0.5, 0.6) is 0 Å². The number of thiophene rings is 1. The van der Waals surface area contributed by atoms with Gasteiger partial charge in [0.05, 0.1) is 17.0 Å². The molecule has 0 aromatic carbocycles. The number of hydrogen-bond donors (Lipinski definition) is 3. The molecule has 10 heteroatoms. The Morgan fingerprint density at radius 2 is 1.94 bits per heavy atom. The first kappa shape index (κ1) is 22.1. The summed E-state index contributed by atoms with van der Waals surface area (Å²) in [6.07, 6.45) is 6.33. The zero-order chi connectivity index (χ0) is 24.3. The maximum atomic E-state index is 15.9. The van der Waals surface area contributed by atoms with E-state index in [0.717, 1.165) is 37.4 Å². The van der Waals surface area contributed by atoms with Gasteiger partial charge in [-0.3, -0.25) is 4.79 Å². The monoisotopic (exact) mass is 495 g/mol. The van der Waals surface area contributed by atoms with Crippen molar-refractivity contribution in [3.8, 4) is 22.0 Å². The summed E-state index contributed by atoms with van der Waals surface area (Å²) in [5.41, 5.74) is 2.06. The third-order valence-electron chi connectivity index (χ3n) is 7.36. The predicted octanol–water partition coefficient (Wildman–Crippen LogP) is 5.64. The van der Waals surface area contributed by atoms with E-state index >= 15 is 4.39 Å². The van der Waals surface area contributed by atoms with E-state index in [1.54, 1.807) is 6.20 Å². The summed E-state index contributed by atoms with van der Waals surface area (Å²) < 4.78 is 29.9. The number of carbonyl (C=O) groups is 1. The standard InChI is InChI=1S/C25H23F2N5O2S/c1-11-6-17(35-10-11)21-19(27)24(30-20-13-4-2-12(3-5-13)18(20)25(33)34)32-23(31-21)16-9-29-22-15(16)7-14(26)8-28-22/h6-10,12-13,18,20H,2-5H2,1H3,(H,28,29)(H,33,34)(H,30,31,32)/t12?,13?,18-,20-/m0/s1. The van der Waals surface area contributed by atoms with Crippen LogP contribution >= 0.6 is 11.3 Å². The summed E-state index contributed by atoms with van der Waals surface area (Å²) in [5.74, 6) is -2.20. The molecule has 4 aromatic heterocycles. The highest BCUT2D eigenvalue weighted by atomic mass is 32.1. The Labute approximate surface area is 203 Å². The minimum Gasteiger partial charge on any atom is -0.481 e. The number of aromatic amines is 1. The fourth-order valence-electron chi connectivity index (χ4n) is 5.72. The van der Waals surface area contributed by atoms with Crippen LogP contribution in [0.1, 0.15) is 31.2 Å². The van der Waals surface area contributed by atoms with Crippen LogP contribution in [-0.4, -0.2) is 37.1 Å². The molecule has 0 radical (unpaired) electrons. The van der Waals surface area contributed by atoms with Gasteiger partial charge in [0.15, 0.2) is 17.5 Å². The number of hydrogen-bond acceptors (Lipinski definition) is 6. The van der Waals surface area contributed by atoms with Gasteiger partial charge in [0.1, 0.15) is 17.2 Å². The van der Waals surface area contributed by atoms with Gasteiger partial charge >= 0.3 is 5.97 Å². The van der Waals surface area contributed by atoms with Crippen molar-refractivity contribution in [1.29, 1.82) is 0 Å². The number of fused-ring (bicyclic) bond motifs is 4. The van der Waals surface area contributed by atoms with Gasteiger partial charge in [-0.15, -0.1) is 11.3 Å². The van der Waals surface area contributed by atoms with E-state index in [2.05, 4.69) is 25.3 Å². The molecule has 0 spiro atoms. The first-order valence-electron chi connectivity index (χ1n) is 11.6. The summed E-state index contributed by atoms with van der Waals surface area (Å²) in [5, 5.41) is 15.5. The van der Waals surface area contributed by atoms with Crippen LogP contribution in [0, 0.1) is 36.3 Å². The maximum Gasteiger partial charge on any atom is 0.308 e. The Morgan fingerprint density at radius 1 is 1.17 bits per heavy atom. The number of aliphatic carboxylic acids is 1. The predicted molar refractivity (Wildman–Crippen MR) is 129 cm³/mol. The summed E-state index contributed by atoms with van der Waals surface area (Å²) in [7, 11) is 0. The fraction of sp³-hybridized carbons (Fsp3) is 0.360. The van der Waals surface area contributed by atoms with E-state index in [9.17, 15) is 14.3 Å². The molecule has 2 atom stereocenters. The molecular weight excluding hydrogens is 472 g/mol. The highest BCUT2D eigenvalue weighted by molar-refractivity contribution is 7.13. The number of H-pyrrole nitrogens is 1. The molecule has 2 bridgehead atoms. The number of nitrogens with zero attached hydrogens (tertiary/aromatic N) is 3. The number of carboxylic acids is 1. The Kier molecular flexibility index (Phi) is 5.28. The Bertz CT molecular complexity index is 1440. The molecule has 0 aliphatic heterocycles. The van der Waals surface area contributed by atoms with Crippen LogP contribution in [-0.2, 0) is 4.79 Å². The van der Waals surface area contributed by atoms with Crippen LogP contribution < -0.4 is 5.32 Å². The molecule has 4 heterocycles. The lowest BCUT2D eigenvalue weighted by atomic mass is 9.61. The maximum absolute atomic E-state index is 15.9. The first-order valence-corrected chi connectivity index (χ1v) is 12.5. The summed E-state index contributed by atoms with van der Waals surface area (Å²) in [6, 6.07) is 2.77. The Balaban J connectivity index is 1.50. The van der Waals surface area contributed by atoms with E-state index in [-0.39, 0.29) is 29.2 Å². The second-order valence-corrected chi connectivity index (χ2v) is 10.4. The van der Waals surface area contributed by atoms with Gasteiger partial charge in [-0.1, -0.05) is 0 Å². The third kappa shape index (κ3) is 3.76. The van der Waals surface area contributed by atoms with E-state index in [1.807, 2.05) is 18.4 Å². The highest BCUT2D eigenvalue weighted by Crippen LogP contribution is 2.47. The van der Waals surface area contributed by atoms with Crippen molar-refractivity contribution in [2.45, 2.75) is 38.6 Å². The lowest BCUT2D eigenvalue weighted by Gasteiger charge is -2.47. The second-order valence-electron chi connectivity index (χ2n) is 9.51. The van der Waals surface area contributed by atoms with Gasteiger partial charge in [0.2, 0.25) is 0 Å². The molecule has 3 saturated carbocycles. The van der Waals surface area contributed by atoms with Gasteiger partial charge in [0, 0.05) is 23.2 Å². The molecule has 0 saturated heterocycles. The average molecular weight is 496 g/mol. The lowest BCUT2D eigenvalue weighted by molar-refractivity contribution is -0.148. The quantitative estimate of drug-likeness (QED) is 0.331. The SMILES string of the molecule is Cc1csc(-c2nc(-c3c[nH]c4ncc(F)cc34)nc(N[C@H]3C4CCC(CC4)[C@@H]3C(=O)O)c2F)c1. The van der Waals surface area contributed by atoms with E-state index < -0.39 is 29.6 Å². The van der Waals surface area contributed by atoms with E-state index in [1.165, 1.54) is 17.4 Å². The van der Waals surface area contributed by atoms with E-state index in [0.29, 0.717) is 21.5 Å². The fourth-order valence-corrected chi connectivity index (χ4v) is 6.60. The summed E-state index contributed by atoms with van der Waals surface area (Å²) in [6.45, 7) is 1.92. The molecule has 3 aliphatic rings. The molecular formula is C25H23F2N5O2S. The number of anilines is 1. The van der Waals surface area contributed by atoms with Crippen LogP contribution in [0.3, 0.4) is 0 Å². The number of rotatable bonds is 5. The Hall–Kier alpha value is -3.40. The van der Waals surface area contributed by atoms with Crippen LogP contribution in [0.25, 0.3) is 33.0 Å². The van der Waals surface area contributed by atoms with Gasteiger partial charge < -0.3 is 15.4 Å². The smallest absolute Gasteiger partial charge is 0.308 e. The number of carboxylic acid groups (broad SMARTS) is 1.